The third-order valence-corrected chi connectivity index (χ3v) is 2.65. The lowest BCUT2D eigenvalue weighted by Gasteiger charge is -2.12. The fraction of sp³-hybridized carbons (Fsp3) is 0.909. The summed E-state index contributed by atoms with van der Waals surface area (Å²) in [6, 6.07) is 0.289. The average molecular weight is 230 g/mol. The van der Waals surface area contributed by atoms with Gasteiger partial charge in [0.05, 0.1) is 19.8 Å². The second-order valence-electron chi connectivity index (χ2n) is 3.99. The van der Waals surface area contributed by atoms with E-state index in [1.165, 1.54) is 12.8 Å². The van der Waals surface area contributed by atoms with Crippen LogP contribution in [0.15, 0.2) is 0 Å². The standard InChI is InChI=1S/C11H22N2O3/c1-15-8-9-16-7-6-12-11(14)13-10-4-2-3-5-10/h10H,2-9H2,1H3,(H2,12,13,14). The van der Waals surface area contributed by atoms with Gasteiger partial charge in [-0.1, -0.05) is 12.8 Å². The number of urea groups is 1. The van der Waals surface area contributed by atoms with E-state index < -0.39 is 0 Å². The van der Waals surface area contributed by atoms with Gasteiger partial charge in [-0.15, -0.1) is 0 Å². The quantitative estimate of drug-likeness (QED) is 0.639. The van der Waals surface area contributed by atoms with Crippen molar-refractivity contribution in [2.24, 2.45) is 0 Å². The second kappa shape index (κ2) is 8.35. The third kappa shape index (κ3) is 5.92. The zero-order valence-electron chi connectivity index (χ0n) is 9.96. The van der Waals surface area contributed by atoms with Crippen LogP contribution in [0.3, 0.4) is 0 Å². The maximum Gasteiger partial charge on any atom is 0.315 e. The van der Waals surface area contributed by atoms with Crippen molar-refractivity contribution in [3.63, 3.8) is 0 Å². The number of hydrogen-bond acceptors (Lipinski definition) is 3. The molecule has 0 aromatic rings. The van der Waals surface area contributed by atoms with E-state index in [0.29, 0.717) is 32.4 Å². The van der Waals surface area contributed by atoms with Gasteiger partial charge in [-0.2, -0.15) is 0 Å². The molecule has 0 unspecified atom stereocenters. The Morgan fingerprint density at radius 3 is 2.69 bits per heavy atom. The monoisotopic (exact) mass is 230 g/mol. The van der Waals surface area contributed by atoms with Crippen LogP contribution >= 0.6 is 0 Å². The number of methoxy groups -OCH3 is 1. The van der Waals surface area contributed by atoms with Gasteiger partial charge in [0.1, 0.15) is 0 Å². The van der Waals surface area contributed by atoms with Crippen LogP contribution in [0.2, 0.25) is 0 Å². The van der Waals surface area contributed by atoms with E-state index in [1.807, 2.05) is 0 Å². The topological polar surface area (TPSA) is 59.6 Å². The first-order valence-corrected chi connectivity index (χ1v) is 5.94. The number of amides is 2. The molecule has 0 saturated heterocycles. The molecule has 0 aliphatic heterocycles. The predicted molar refractivity (Wildman–Crippen MR) is 61.5 cm³/mol. The molecule has 0 spiro atoms. The molecular formula is C11H22N2O3. The van der Waals surface area contributed by atoms with Crippen molar-refractivity contribution in [1.82, 2.24) is 10.6 Å². The van der Waals surface area contributed by atoms with Gasteiger partial charge in [-0.25, -0.2) is 4.79 Å². The molecule has 16 heavy (non-hydrogen) atoms. The van der Waals surface area contributed by atoms with Gasteiger partial charge in [0.15, 0.2) is 0 Å². The highest BCUT2D eigenvalue weighted by atomic mass is 16.5. The molecule has 0 heterocycles. The average Bonchev–Trinajstić information content (AvgIpc) is 2.76. The van der Waals surface area contributed by atoms with Gasteiger partial charge < -0.3 is 20.1 Å². The third-order valence-electron chi connectivity index (χ3n) is 2.65. The summed E-state index contributed by atoms with van der Waals surface area (Å²) in [6.45, 7) is 2.24. The van der Waals surface area contributed by atoms with Gasteiger partial charge in [0, 0.05) is 19.7 Å². The van der Waals surface area contributed by atoms with Crippen LogP contribution < -0.4 is 10.6 Å². The molecule has 94 valence electrons. The minimum Gasteiger partial charge on any atom is -0.382 e. The molecule has 2 N–H and O–H groups in total. The van der Waals surface area contributed by atoms with E-state index in [-0.39, 0.29) is 6.03 Å². The number of rotatable bonds is 7. The molecule has 1 aliphatic rings. The molecule has 2 amide bonds. The van der Waals surface area contributed by atoms with Crippen LogP contribution in [0.4, 0.5) is 4.79 Å². The maximum absolute atomic E-state index is 11.4. The molecule has 0 atom stereocenters. The van der Waals surface area contributed by atoms with Crippen LogP contribution in [0, 0.1) is 0 Å². The van der Waals surface area contributed by atoms with Gasteiger partial charge >= 0.3 is 6.03 Å². The molecule has 1 saturated carbocycles. The summed E-state index contributed by atoms with van der Waals surface area (Å²) in [6.07, 6.45) is 4.67. The van der Waals surface area contributed by atoms with E-state index in [0.717, 1.165) is 12.8 Å². The molecule has 0 aromatic heterocycles. The van der Waals surface area contributed by atoms with Gasteiger partial charge in [0.2, 0.25) is 0 Å². The minimum atomic E-state index is -0.0813. The SMILES string of the molecule is COCCOCCNC(=O)NC1CCCC1. The Morgan fingerprint density at radius 1 is 1.25 bits per heavy atom. The maximum atomic E-state index is 11.4. The van der Waals surface area contributed by atoms with Gasteiger partial charge in [-0.3, -0.25) is 0 Å². The molecule has 5 nitrogen and oxygen atoms in total. The van der Waals surface area contributed by atoms with Crippen molar-refractivity contribution in [2.75, 3.05) is 33.5 Å². The Bertz CT molecular complexity index is 194. The molecule has 1 aliphatic carbocycles. The summed E-state index contributed by atoms with van der Waals surface area (Å²) < 4.78 is 10.1. The van der Waals surface area contributed by atoms with Gasteiger partial charge in [0.25, 0.3) is 0 Å². The van der Waals surface area contributed by atoms with Crippen LogP contribution in [0.5, 0.6) is 0 Å². The van der Waals surface area contributed by atoms with Crippen molar-refractivity contribution >= 4 is 6.03 Å². The summed E-state index contributed by atoms with van der Waals surface area (Å²) in [4.78, 5) is 11.4. The highest BCUT2D eigenvalue weighted by Crippen LogP contribution is 2.17. The summed E-state index contributed by atoms with van der Waals surface area (Å²) in [5.41, 5.74) is 0. The van der Waals surface area contributed by atoms with E-state index in [4.69, 9.17) is 9.47 Å². The van der Waals surface area contributed by atoms with Crippen LogP contribution in [0.25, 0.3) is 0 Å². The Labute approximate surface area is 96.9 Å². The fourth-order valence-electron chi connectivity index (χ4n) is 1.79. The molecular weight excluding hydrogens is 208 g/mol. The molecule has 1 rings (SSSR count). The molecule has 0 bridgehead atoms. The van der Waals surface area contributed by atoms with Crippen molar-refractivity contribution < 1.29 is 14.3 Å². The van der Waals surface area contributed by atoms with Gasteiger partial charge in [-0.05, 0) is 12.8 Å². The molecule has 0 aromatic carbocycles. The highest BCUT2D eigenvalue weighted by molar-refractivity contribution is 5.74. The highest BCUT2D eigenvalue weighted by Gasteiger charge is 2.16. The predicted octanol–water partition coefficient (Wildman–Crippen LogP) is 0.891. The van der Waals surface area contributed by atoms with Crippen molar-refractivity contribution in [3.8, 4) is 0 Å². The van der Waals surface area contributed by atoms with E-state index >= 15 is 0 Å². The number of ether oxygens (including phenoxy) is 2. The number of carbonyl (C=O) groups is 1. The molecule has 0 radical (unpaired) electrons. The largest absolute Gasteiger partial charge is 0.382 e. The Balaban J connectivity index is 1.89. The van der Waals surface area contributed by atoms with Crippen LogP contribution in [0.1, 0.15) is 25.7 Å². The normalized spacial score (nSPS) is 16.3. The lowest BCUT2D eigenvalue weighted by atomic mass is 10.3. The Hall–Kier alpha value is -0.810. The number of hydrogen-bond donors (Lipinski definition) is 2. The number of nitrogens with one attached hydrogen (secondary N) is 2. The zero-order valence-corrected chi connectivity index (χ0v) is 9.96. The summed E-state index contributed by atoms with van der Waals surface area (Å²) in [5, 5.41) is 5.72. The Kier molecular flexibility index (Phi) is 6.92. The summed E-state index contributed by atoms with van der Waals surface area (Å²) in [7, 11) is 1.64. The second-order valence-corrected chi connectivity index (χ2v) is 3.99. The minimum absolute atomic E-state index is 0.0813. The zero-order chi connectivity index (χ0) is 11.6. The van der Waals surface area contributed by atoms with E-state index in [9.17, 15) is 4.79 Å². The Morgan fingerprint density at radius 2 is 2.00 bits per heavy atom. The van der Waals surface area contributed by atoms with Crippen molar-refractivity contribution in [1.29, 1.82) is 0 Å². The fourth-order valence-corrected chi connectivity index (χ4v) is 1.79. The smallest absolute Gasteiger partial charge is 0.315 e. The first-order chi connectivity index (χ1) is 7.83. The lowest BCUT2D eigenvalue weighted by molar-refractivity contribution is 0.0726. The van der Waals surface area contributed by atoms with Crippen molar-refractivity contribution in [2.45, 2.75) is 31.7 Å². The van der Waals surface area contributed by atoms with Crippen molar-refractivity contribution in [3.05, 3.63) is 0 Å². The first kappa shape index (κ1) is 13.3. The molecule has 5 heteroatoms. The summed E-state index contributed by atoms with van der Waals surface area (Å²) >= 11 is 0. The lowest BCUT2D eigenvalue weighted by Crippen LogP contribution is -2.42. The van der Waals surface area contributed by atoms with Crippen LogP contribution in [-0.2, 0) is 9.47 Å². The summed E-state index contributed by atoms with van der Waals surface area (Å²) in [5.74, 6) is 0. The van der Waals surface area contributed by atoms with Crippen LogP contribution in [-0.4, -0.2) is 45.5 Å². The van der Waals surface area contributed by atoms with E-state index in [1.54, 1.807) is 7.11 Å². The van der Waals surface area contributed by atoms with E-state index in [2.05, 4.69) is 10.6 Å². The first-order valence-electron chi connectivity index (χ1n) is 5.94. The molecule has 1 fully saturated rings. The number of carbonyl (C=O) groups excluding carboxylic acids is 1.